The average Bonchev–Trinajstić information content (AvgIpc) is 3.78. The van der Waals surface area contributed by atoms with Crippen LogP contribution < -0.4 is 25.0 Å². The Balaban J connectivity index is 1.09. The molecule has 46 heavy (non-hydrogen) atoms. The highest BCUT2D eigenvalue weighted by atomic mass is 32.1. The first-order valence-corrected chi connectivity index (χ1v) is 15.3. The van der Waals surface area contributed by atoms with Gasteiger partial charge in [-0.3, -0.25) is 15.0 Å². The van der Waals surface area contributed by atoms with Crippen LogP contribution in [-0.4, -0.2) is 50.3 Å². The average molecular weight is 643 g/mol. The van der Waals surface area contributed by atoms with Crippen molar-refractivity contribution in [3.8, 4) is 33.6 Å². The van der Waals surface area contributed by atoms with E-state index in [4.69, 9.17) is 9.47 Å². The molecular formula is C32H31FN8O4S. The Labute approximate surface area is 268 Å². The number of anilines is 3. The summed E-state index contributed by atoms with van der Waals surface area (Å²) in [6, 6.07) is 13.0. The molecule has 0 radical (unpaired) electrons. The minimum Gasteiger partial charge on any atom is -0.497 e. The number of hydrogen-bond acceptors (Lipinski definition) is 9. The molecule has 1 aliphatic heterocycles. The molecule has 1 fully saturated rings. The van der Waals surface area contributed by atoms with Crippen LogP contribution in [0.5, 0.6) is 17.5 Å². The number of benzene rings is 2. The second-order valence-corrected chi connectivity index (χ2v) is 12.5. The summed E-state index contributed by atoms with van der Waals surface area (Å²) in [5.74, 6) is 0.710. The molecule has 14 heteroatoms. The summed E-state index contributed by atoms with van der Waals surface area (Å²) in [6.45, 7) is 6.62. The van der Waals surface area contributed by atoms with Crippen molar-refractivity contribution in [2.75, 3.05) is 29.2 Å². The third-order valence-electron chi connectivity index (χ3n) is 7.13. The molecule has 2 N–H and O–H groups in total. The number of halogens is 1. The van der Waals surface area contributed by atoms with E-state index in [1.165, 1.54) is 47.7 Å². The van der Waals surface area contributed by atoms with E-state index in [1.54, 1.807) is 35.4 Å². The molecule has 0 unspecified atom stereocenters. The Morgan fingerprint density at radius 2 is 1.72 bits per heavy atom. The molecule has 236 valence electrons. The second kappa shape index (κ2) is 12.6. The Hall–Kier alpha value is -5.37. The normalized spacial score (nSPS) is 13.2. The first-order chi connectivity index (χ1) is 22.1. The number of nitrogens with one attached hydrogen (secondary N) is 2. The Kier molecular flexibility index (Phi) is 8.37. The molecule has 12 nitrogen and oxygen atoms in total. The molecule has 1 aliphatic rings. The number of methoxy groups -OCH3 is 1. The smallest absolute Gasteiger partial charge is 0.324 e. The van der Waals surface area contributed by atoms with Crippen molar-refractivity contribution < 1.29 is 23.5 Å². The summed E-state index contributed by atoms with van der Waals surface area (Å²) < 4.78 is 27.2. The topological polar surface area (TPSA) is 136 Å². The maximum atomic E-state index is 14.9. The Morgan fingerprint density at radius 3 is 2.37 bits per heavy atom. The zero-order chi connectivity index (χ0) is 32.4. The van der Waals surface area contributed by atoms with Crippen molar-refractivity contribution in [2.24, 2.45) is 0 Å². The van der Waals surface area contributed by atoms with Gasteiger partial charge in [-0.15, -0.1) is 0 Å². The largest absolute Gasteiger partial charge is 0.497 e. The first kappa shape index (κ1) is 30.6. The van der Waals surface area contributed by atoms with Gasteiger partial charge in [-0.25, -0.2) is 28.8 Å². The minimum atomic E-state index is -0.594. The van der Waals surface area contributed by atoms with Gasteiger partial charge >= 0.3 is 12.0 Å². The number of aromatic nitrogens is 5. The van der Waals surface area contributed by atoms with Gasteiger partial charge in [0.2, 0.25) is 5.91 Å². The van der Waals surface area contributed by atoms with Crippen LogP contribution in [0.1, 0.15) is 39.3 Å². The molecule has 6 rings (SSSR count). The summed E-state index contributed by atoms with van der Waals surface area (Å²) in [7, 11) is 1.46. The molecule has 0 spiro atoms. The third-order valence-corrected chi connectivity index (χ3v) is 8.20. The van der Waals surface area contributed by atoms with E-state index in [-0.39, 0.29) is 28.8 Å². The number of carbonyl (C=O) groups excluding carboxylic acids is 2. The monoisotopic (exact) mass is 642 g/mol. The van der Waals surface area contributed by atoms with Crippen LogP contribution in [0.4, 0.5) is 25.8 Å². The predicted octanol–water partition coefficient (Wildman–Crippen LogP) is 6.79. The zero-order valence-corrected chi connectivity index (χ0v) is 26.4. The first-order valence-electron chi connectivity index (χ1n) is 14.5. The van der Waals surface area contributed by atoms with Crippen molar-refractivity contribution >= 4 is 39.9 Å². The summed E-state index contributed by atoms with van der Waals surface area (Å²) in [5, 5.41) is 10.7. The van der Waals surface area contributed by atoms with Gasteiger partial charge < -0.3 is 14.8 Å². The lowest BCUT2D eigenvalue weighted by Gasteiger charge is -2.14. The number of hydrogen-bond donors (Lipinski definition) is 2. The zero-order valence-electron chi connectivity index (χ0n) is 25.6. The molecule has 4 heterocycles. The number of rotatable bonds is 8. The van der Waals surface area contributed by atoms with Gasteiger partial charge in [-0.1, -0.05) is 32.1 Å². The van der Waals surface area contributed by atoms with Gasteiger partial charge in [-0.2, -0.15) is 5.10 Å². The van der Waals surface area contributed by atoms with Gasteiger partial charge in [-0.05, 0) is 48.4 Å². The van der Waals surface area contributed by atoms with E-state index in [0.717, 1.165) is 16.9 Å². The second-order valence-electron chi connectivity index (χ2n) is 11.5. The molecule has 3 aromatic heterocycles. The lowest BCUT2D eigenvalue weighted by molar-refractivity contribution is -0.117. The Bertz CT molecular complexity index is 1880. The van der Waals surface area contributed by atoms with Crippen LogP contribution in [0.3, 0.4) is 0 Å². The standard InChI is InChI=1S/C32H31FN8O4S/c1-32(2,3)26-15-27(41(39-26)24-12-11-22(44-4)14-23(24)33)38-29(43)37-20-16-34-30(35-17-20)45-21-9-7-19(8-10-21)25-18-36-31(46-25)40-13-5-6-28(40)42/h7-12,14-18H,5-6,13H2,1-4H3,(H2,37,38,43). The number of urea groups is 1. The van der Waals surface area contributed by atoms with Crippen molar-refractivity contribution in [2.45, 2.75) is 39.0 Å². The van der Waals surface area contributed by atoms with Crippen LogP contribution >= 0.6 is 11.3 Å². The van der Waals surface area contributed by atoms with Crippen molar-refractivity contribution in [1.82, 2.24) is 24.7 Å². The molecule has 0 aliphatic carbocycles. The maximum Gasteiger partial charge on any atom is 0.324 e. The van der Waals surface area contributed by atoms with Crippen molar-refractivity contribution in [1.29, 1.82) is 0 Å². The number of thiazole rings is 1. The van der Waals surface area contributed by atoms with E-state index in [1.807, 2.05) is 32.9 Å². The fourth-order valence-corrected chi connectivity index (χ4v) is 5.65. The summed E-state index contributed by atoms with van der Waals surface area (Å²) >= 11 is 1.47. The molecule has 3 amide bonds. The van der Waals surface area contributed by atoms with E-state index in [0.29, 0.717) is 41.0 Å². The molecule has 0 atom stereocenters. The van der Waals surface area contributed by atoms with Gasteiger partial charge in [0, 0.05) is 36.7 Å². The van der Waals surface area contributed by atoms with E-state index < -0.39 is 11.8 Å². The van der Waals surface area contributed by atoms with Gasteiger partial charge in [0.25, 0.3) is 0 Å². The van der Waals surface area contributed by atoms with Crippen LogP contribution in [0.2, 0.25) is 0 Å². The fourth-order valence-electron chi connectivity index (χ4n) is 4.68. The minimum absolute atomic E-state index is 0.0919. The highest BCUT2D eigenvalue weighted by molar-refractivity contribution is 7.19. The molecule has 5 aromatic rings. The quantitative estimate of drug-likeness (QED) is 0.189. The van der Waals surface area contributed by atoms with Crippen molar-refractivity contribution in [3.05, 3.63) is 78.6 Å². The number of nitrogens with zero attached hydrogens (tertiary/aromatic N) is 6. The maximum absolute atomic E-state index is 14.9. The number of amides is 3. The molecule has 0 bridgehead atoms. The predicted molar refractivity (Wildman–Crippen MR) is 173 cm³/mol. The summed E-state index contributed by atoms with van der Waals surface area (Å²) in [5.41, 5.74) is 1.71. The highest BCUT2D eigenvalue weighted by Gasteiger charge is 2.25. The summed E-state index contributed by atoms with van der Waals surface area (Å²) in [4.78, 5) is 40.5. The van der Waals surface area contributed by atoms with Gasteiger partial charge in [0.15, 0.2) is 10.9 Å². The third kappa shape index (κ3) is 6.66. The number of carbonyl (C=O) groups is 2. The van der Waals surface area contributed by atoms with Crippen LogP contribution in [0.15, 0.2) is 67.1 Å². The Morgan fingerprint density at radius 1 is 0.978 bits per heavy atom. The fraction of sp³-hybridized carbons (Fsp3) is 0.250. The molecular weight excluding hydrogens is 611 g/mol. The summed E-state index contributed by atoms with van der Waals surface area (Å²) in [6.07, 6.45) is 6.00. The van der Waals surface area contributed by atoms with E-state index in [9.17, 15) is 14.0 Å². The lowest BCUT2D eigenvalue weighted by Crippen LogP contribution is -2.23. The van der Waals surface area contributed by atoms with Gasteiger partial charge in [0.05, 0.1) is 35.8 Å². The number of ether oxygens (including phenoxy) is 2. The van der Waals surface area contributed by atoms with Crippen LogP contribution in [0, 0.1) is 5.82 Å². The van der Waals surface area contributed by atoms with E-state index >= 15 is 0 Å². The molecule has 1 saturated heterocycles. The van der Waals surface area contributed by atoms with E-state index in [2.05, 4.69) is 30.7 Å². The SMILES string of the molecule is COc1ccc(-n2nc(C(C)(C)C)cc2NC(=O)Nc2cnc(Oc3ccc(-c4cnc(N5CCCC5=O)s4)cc3)nc2)c(F)c1. The molecule has 0 saturated carbocycles. The lowest BCUT2D eigenvalue weighted by atomic mass is 9.92. The van der Waals surface area contributed by atoms with Crippen molar-refractivity contribution in [3.63, 3.8) is 0 Å². The molecule has 2 aromatic carbocycles. The van der Waals surface area contributed by atoms with Crippen LogP contribution in [0.25, 0.3) is 16.1 Å². The van der Waals surface area contributed by atoms with Crippen LogP contribution in [-0.2, 0) is 10.2 Å². The highest BCUT2D eigenvalue weighted by Crippen LogP contribution is 2.34. The van der Waals surface area contributed by atoms with Gasteiger partial charge in [0.1, 0.15) is 23.0 Å².